The van der Waals surface area contributed by atoms with Crippen LogP contribution in [-0.2, 0) is 0 Å². The van der Waals surface area contributed by atoms with Crippen molar-refractivity contribution in [2.75, 3.05) is 0 Å². The summed E-state index contributed by atoms with van der Waals surface area (Å²) in [7, 11) is 0. The molecule has 0 aliphatic rings. The highest BCUT2D eigenvalue weighted by Gasteiger charge is 2.06. The summed E-state index contributed by atoms with van der Waals surface area (Å²) in [4.78, 5) is 8.65. The van der Waals surface area contributed by atoms with Crippen LogP contribution in [0, 0.1) is 0 Å². The molecule has 16 heavy (non-hydrogen) atoms. The van der Waals surface area contributed by atoms with E-state index in [-0.39, 0.29) is 12.1 Å². The van der Waals surface area contributed by atoms with Gasteiger partial charge in [-0.3, -0.25) is 10.4 Å². The number of nitrogens with one attached hydrogen (secondary N) is 2. The second-order valence-corrected chi connectivity index (χ2v) is 3.85. The van der Waals surface area contributed by atoms with Crippen LogP contribution in [0.25, 0.3) is 0 Å². The molecule has 0 aliphatic heterocycles. The first kappa shape index (κ1) is 12.4. The zero-order valence-corrected chi connectivity index (χ0v) is 9.94. The summed E-state index contributed by atoms with van der Waals surface area (Å²) in [5.74, 6) is 5.96. The molecule has 0 saturated carbocycles. The van der Waals surface area contributed by atoms with Crippen LogP contribution in [0.2, 0.25) is 0 Å². The van der Waals surface area contributed by atoms with E-state index in [2.05, 4.69) is 20.7 Å². The van der Waals surface area contributed by atoms with Crippen molar-refractivity contribution >= 4 is 5.96 Å². The molecule has 88 valence electrons. The molecule has 1 rings (SSSR count). The third-order valence-corrected chi connectivity index (χ3v) is 2.00. The quantitative estimate of drug-likeness (QED) is 0.307. The first-order valence-electron chi connectivity index (χ1n) is 5.35. The predicted molar refractivity (Wildman–Crippen MR) is 65.7 cm³/mol. The second kappa shape index (κ2) is 6.07. The number of hydrogen-bond acceptors (Lipinski definition) is 3. The van der Waals surface area contributed by atoms with E-state index in [9.17, 15) is 0 Å². The molecule has 5 nitrogen and oxygen atoms in total. The van der Waals surface area contributed by atoms with E-state index < -0.39 is 0 Å². The van der Waals surface area contributed by atoms with E-state index in [1.807, 2.05) is 39.0 Å². The molecule has 0 spiro atoms. The van der Waals surface area contributed by atoms with Gasteiger partial charge in [0.1, 0.15) is 0 Å². The highest BCUT2D eigenvalue weighted by molar-refractivity contribution is 5.79. The predicted octanol–water partition coefficient (Wildman–Crippen LogP) is 0.960. The van der Waals surface area contributed by atoms with Crippen LogP contribution in [-0.4, -0.2) is 17.0 Å². The fourth-order valence-electron chi connectivity index (χ4n) is 1.27. The van der Waals surface area contributed by atoms with Gasteiger partial charge in [0.05, 0.1) is 11.7 Å². The van der Waals surface area contributed by atoms with E-state index in [0.717, 1.165) is 5.69 Å². The number of aliphatic imine (C=N–C) groups is 1. The van der Waals surface area contributed by atoms with Crippen LogP contribution in [0.3, 0.4) is 0 Å². The third-order valence-electron chi connectivity index (χ3n) is 2.00. The Balaban J connectivity index is 2.73. The van der Waals surface area contributed by atoms with Crippen molar-refractivity contribution in [1.82, 2.24) is 15.7 Å². The van der Waals surface area contributed by atoms with Gasteiger partial charge in [0.2, 0.25) is 5.96 Å². The molecule has 0 radical (unpaired) electrons. The van der Waals surface area contributed by atoms with E-state index >= 15 is 0 Å². The average Bonchev–Trinajstić information content (AvgIpc) is 2.28. The first-order valence-corrected chi connectivity index (χ1v) is 5.35. The smallest absolute Gasteiger partial charge is 0.206 e. The Morgan fingerprint density at radius 3 is 2.62 bits per heavy atom. The van der Waals surface area contributed by atoms with E-state index in [4.69, 9.17) is 5.84 Å². The van der Waals surface area contributed by atoms with Crippen LogP contribution in [0.4, 0.5) is 0 Å². The fraction of sp³-hybridized carbons (Fsp3) is 0.455. The summed E-state index contributed by atoms with van der Waals surface area (Å²) in [6.45, 7) is 6.03. The van der Waals surface area contributed by atoms with Crippen molar-refractivity contribution in [3.63, 3.8) is 0 Å². The molecular formula is C11H19N5. The topological polar surface area (TPSA) is 75.3 Å². The summed E-state index contributed by atoms with van der Waals surface area (Å²) in [5.41, 5.74) is 3.46. The monoisotopic (exact) mass is 221 g/mol. The maximum atomic E-state index is 5.38. The van der Waals surface area contributed by atoms with Crippen molar-refractivity contribution in [1.29, 1.82) is 0 Å². The molecule has 1 unspecified atom stereocenters. The number of hydrogen-bond donors (Lipinski definition) is 3. The van der Waals surface area contributed by atoms with Crippen molar-refractivity contribution in [3.8, 4) is 0 Å². The van der Waals surface area contributed by atoms with E-state index in [1.54, 1.807) is 6.20 Å². The molecule has 0 saturated heterocycles. The zero-order chi connectivity index (χ0) is 12.0. The summed E-state index contributed by atoms with van der Waals surface area (Å²) in [6.07, 6.45) is 1.76. The van der Waals surface area contributed by atoms with E-state index in [1.165, 1.54) is 0 Å². The number of guanidine groups is 1. The highest BCUT2D eigenvalue weighted by Crippen LogP contribution is 2.12. The third kappa shape index (κ3) is 3.86. The lowest BCUT2D eigenvalue weighted by atomic mass is 10.2. The Morgan fingerprint density at radius 2 is 2.12 bits per heavy atom. The summed E-state index contributed by atoms with van der Waals surface area (Å²) in [5, 5.41) is 3.12. The molecule has 0 fully saturated rings. The lowest BCUT2D eigenvalue weighted by molar-refractivity contribution is 0.684. The lowest BCUT2D eigenvalue weighted by Gasteiger charge is -2.14. The molecule has 1 atom stereocenters. The van der Waals surface area contributed by atoms with Crippen LogP contribution in [0.5, 0.6) is 0 Å². The van der Waals surface area contributed by atoms with Crippen LogP contribution in [0.15, 0.2) is 29.4 Å². The normalized spacial score (nSPS) is 13.7. The molecular weight excluding hydrogens is 202 g/mol. The summed E-state index contributed by atoms with van der Waals surface area (Å²) in [6, 6.07) is 6.02. The molecule has 1 aromatic rings. The van der Waals surface area contributed by atoms with Crippen molar-refractivity contribution < 1.29 is 0 Å². The Morgan fingerprint density at radius 1 is 1.38 bits per heavy atom. The zero-order valence-electron chi connectivity index (χ0n) is 9.94. The van der Waals surface area contributed by atoms with Gasteiger partial charge in [-0.15, -0.1) is 0 Å². The van der Waals surface area contributed by atoms with Crippen LogP contribution < -0.4 is 16.6 Å². The molecule has 0 amide bonds. The summed E-state index contributed by atoms with van der Waals surface area (Å²) < 4.78 is 0. The largest absolute Gasteiger partial charge is 0.353 e. The van der Waals surface area contributed by atoms with Gasteiger partial charge in [-0.05, 0) is 32.9 Å². The van der Waals surface area contributed by atoms with Gasteiger partial charge in [-0.1, -0.05) is 6.07 Å². The van der Waals surface area contributed by atoms with Crippen molar-refractivity contribution in [2.24, 2.45) is 10.8 Å². The van der Waals surface area contributed by atoms with Crippen LogP contribution >= 0.6 is 0 Å². The number of nitrogens with zero attached hydrogens (tertiary/aromatic N) is 2. The lowest BCUT2D eigenvalue weighted by Crippen LogP contribution is -2.44. The Kier molecular flexibility index (Phi) is 4.72. The highest BCUT2D eigenvalue weighted by atomic mass is 15.3. The number of hydrazine groups is 1. The molecule has 4 N–H and O–H groups in total. The number of rotatable bonds is 3. The molecule has 1 aromatic heterocycles. The van der Waals surface area contributed by atoms with Gasteiger partial charge in [0.15, 0.2) is 0 Å². The standard InChI is InChI=1S/C11H19N5/c1-8(2)14-11(16-12)15-9(3)10-6-4-5-7-13-10/h4-9H,12H2,1-3H3,(H2,14,15,16). The van der Waals surface area contributed by atoms with Crippen molar-refractivity contribution in [2.45, 2.75) is 32.9 Å². The first-order chi connectivity index (χ1) is 7.63. The number of nitrogens with two attached hydrogens (primary N) is 1. The molecule has 1 heterocycles. The maximum absolute atomic E-state index is 5.38. The Hall–Kier alpha value is -1.62. The van der Waals surface area contributed by atoms with Gasteiger partial charge in [0, 0.05) is 12.2 Å². The minimum Gasteiger partial charge on any atom is -0.353 e. The van der Waals surface area contributed by atoms with Gasteiger partial charge in [-0.2, -0.15) is 0 Å². The maximum Gasteiger partial charge on any atom is 0.206 e. The Labute approximate surface area is 96.1 Å². The van der Waals surface area contributed by atoms with Crippen molar-refractivity contribution in [3.05, 3.63) is 30.1 Å². The molecule has 0 aromatic carbocycles. The summed E-state index contributed by atoms with van der Waals surface area (Å²) >= 11 is 0. The van der Waals surface area contributed by atoms with Gasteiger partial charge >= 0.3 is 0 Å². The van der Waals surface area contributed by atoms with Gasteiger partial charge in [0.25, 0.3) is 0 Å². The van der Waals surface area contributed by atoms with Gasteiger partial charge < -0.3 is 5.32 Å². The van der Waals surface area contributed by atoms with Crippen LogP contribution in [0.1, 0.15) is 32.5 Å². The second-order valence-electron chi connectivity index (χ2n) is 3.85. The molecule has 0 bridgehead atoms. The van der Waals surface area contributed by atoms with Gasteiger partial charge in [-0.25, -0.2) is 10.8 Å². The minimum atomic E-state index is -0.0292. The fourth-order valence-corrected chi connectivity index (χ4v) is 1.27. The Bertz CT molecular complexity index is 333. The SMILES string of the molecule is CC(C)NC(=NC(C)c1ccccn1)NN. The molecule has 5 heteroatoms. The number of aromatic nitrogens is 1. The minimum absolute atomic E-state index is 0.0292. The number of pyridine rings is 1. The molecule has 0 aliphatic carbocycles. The van der Waals surface area contributed by atoms with E-state index in [0.29, 0.717) is 5.96 Å². The average molecular weight is 221 g/mol.